The molecule has 1 aliphatic rings. The predicted molar refractivity (Wildman–Crippen MR) is 33.1 cm³/mol. The van der Waals surface area contributed by atoms with Crippen molar-refractivity contribution in [3.8, 4) is 0 Å². The summed E-state index contributed by atoms with van der Waals surface area (Å²) in [5.41, 5.74) is 1.00. The molecule has 0 aromatic carbocycles. The van der Waals surface area contributed by atoms with Crippen molar-refractivity contribution in [3.63, 3.8) is 0 Å². The summed E-state index contributed by atoms with van der Waals surface area (Å²) >= 11 is 0. The average molecular weight is 111 g/mol. The normalized spacial score (nSPS) is 24.1. The molecule has 2 heteroatoms. The summed E-state index contributed by atoms with van der Waals surface area (Å²) in [6, 6.07) is 0. The second-order valence-electron chi connectivity index (χ2n) is 1.69. The lowest BCUT2D eigenvalue weighted by Crippen LogP contribution is -1.90. The van der Waals surface area contributed by atoms with E-state index in [2.05, 4.69) is 11.6 Å². The minimum atomic E-state index is 0.743. The van der Waals surface area contributed by atoms with Crippen molar-refractivity contribution < 1.29 is 4.74 Å². The number of rotatable bonds is 0. The maximum Gasteiger partial charge on any atom is 0.133 e. The first-order chi connectivity index (χ1) is 3.84. The van der Waals surface area contributed by atoms with Crippen LogP contribution in [0.15, 0.2) is 17.3 Å². The zero-order valence-electron chi connectivity index (χ0n) is 4.98. The maximum absolute atomic E-state index is 5.03. The molecule has 0 unspecified atom stereocenters. The molecule has 0 radical (unpaired) electrons. The van der Waals surface area contributed by atoms with E-state index in [0.717, 1.165) is 24.5 Å². The molecule has 1 fully saturated rings. The number of allylic oxidation sites excluding steroid dienone is 1. The van der Waals surface area contributed by atoms with E-state index < -0.39 is 0 Å². The van der Waals surface area contributed by atoms with Gasteiger partial charge in [-0.05, 0) is 0 Å². The molecule has 0 spiro atoms. The van der Waals surface area contributed by atoms with Crippen LogP contribution in [-0.2, 0) is 4.74 Å². The van der Waals surface area contributed by atoms with E-state index in [1.807, 2.05) is 0 Å². The van der Waals surface area contributed by atoms with E-state index in [-0.39, 0.29) is 0 Å². The Kier molecular flexibility index (Phi) is 1.33. The summed E-state index contributed by atoms with van der Waals surface area (Å²) in [6.45, 7) is 4.41. The van der Waals surface area contributed by atoms with Crippen LogP contribution in [0.4, 0.5) is 0 Å². The van der Waals surface area contributed by atoms with Crippen molar-refractivity contribution in [2.24, 2.45) is 4.99 Å². The lowest BCUT2D eigenvalue weighted by Gasteiger charge is -1.91. The summed E-state index contributed by atoms with van der Waals surface area (Å²) < 4.78 is 5.03. The van der Waals surface area contributed by atoms with Gasteiger partial charge in [-0.25, -0.2) is 0 Å². The summed E-state index contributed by atoms with van der Waals surface area (Å²) in [5.74, 6) is 0.743. The first-order valence-corrected chi connectivity index (χ1v) is 2.62. The predicted octanol–water partition coefficient (Wildman–Crippen LogP) is 0.991. The van der Waals surface area contributed by atoms with Gasteiger partial charge in [0.1, 0.15) is 5.76 Å². The van der Waals surface area contributed by atoms with E-state index in [9.17, 15) is 0 Å². The van der Waals surface area contributed by atoms with E-state index in [1.54, 1.807) is 7.05 Å². The van der Waals surface area contributed by atoms with Crippen LogP contribution in [0.25, 0.3) is 0 Å². The molecule has 1 saturated heterocycles. The third-order valence-electron chi connectivity index (χ3n) is 1.21. The van der Waals surface area contributed by atoms with Gasteiger partial charge >= 0.3 is 0 Å². The topological polar surface area (TPSA) is 21.6 Å². The van der Waals surface area contributed by atoms with Crippen LogP contribution >= 0.6 is 0 Å². The van der Waals surface area contributed by atoms with Crippen molar-refractivity contribution in [1.82, 2.24) is 0 Å². The van der Waals surface area contributed by atoms with Crippen LogP contribution in [0.1, 0.15) is 6.42 Å². The monoisotopic (exact) mass is 111 g/mol. The van der Waals surface area contributed by atoms with Crippen LogP contribution in [0.3, 0.4) is 0 Å². The number of aliphatic imine (C=N–C) groups is 1. The Morgan fingerprint density at radius 1 is 1.75 bits per heavy atom. The Morgan fingerprint density at radius 3 is 2.75 bits per heavy atom. The fourth-order valence-corrected chi connectivity index (χ4v) is 0.730. The highest BCUT2D eigenvalue weighted by atomic mass is 16.5. The maximum atomic E-state index is 5.03. The van der Waals surface area contributed by atoms with Gasteiger partial charge in [0.2, 0.25) is 0 Å². The van der Waals surface area contributed by atoms with Crippen LogP contribution in [0, 0.1) is 0 Å². The van der Waals surface area contributed by atoms with Gasteiger partial charge in [-0.15, -0.1) is 0 Å². The molecule has 1 heterocycles. The summed E-state index contributed by atoms with van der Waals surface area (Å²) in [5, 5.41) is 0. The highest BCUT2D eigenvalue weighted by Gasteiger charge is 2.11. The number of nitrogens with zero attached hydrogens (tertiary/aromatic N) is 1. The van der Waals surface area contributed by atoms with E-state index >= 15 is 0 Å². The molecule has 2 nitrogen and oxygen atoms in total. The lowest BCUT2D eigenvalue weighted by atomic mass is 10.3. The van der Waals surface area contributed by atoms with Gasteiger partial charge in [-0.1, -0.05) is 6.58 Å². The van der Waals surface area contributed by atoms with Gasteiger partial charge in [0.05, 0.1) is 12.3 Å². The Balaban J connectivity index is 2.69. The standard InChI is InChI=1S/C6H9NO/c1-5-6(7-2)3-4-8-5/h1,3-4H2,2H3. The average Bonchev–Trinajstić information content (AvgIpc) is 2.14. The number of hydrogen-bond acceptors (Lipinski definition) is 2. The first-order valence-electron chi connectivity index (χ1n) is 2.62. The van der Waals surface area contributed by atoms with Gasteiger partial charge in [0, 0.05) is 13.5 Å². The number of ether oxygens (including phenoxy) is 1. The highest BCUT2D eigenvalue weighted by molar-refractivity contribution is 5.99. The van der Waals surface area contributed by atoms with Crippen molar-refractivity contribution in [1.29, 1.82) is 0 Å². The quantitative estimate of drug-likeness (QED) is 0.457. The summed E-state index contributed by atoms with van der Waals surface area (Å²) in [7, 11) is 1.76. The third kappa shape index (κ3) is 0.735. The van der Waals surface area contributed by atoms with Gasteiger partial charge in [-0.3, -0.25) is 4.99 Å². The molecule has 8 heavy (non-hydrogen) atoms. The minimum absolute atomic E-state index is 0.743. The smallest absolute Gasteiger partial charge is 0.133 e. The van der Waals surface area contributed by atoms with Crippen molar-refractivity contribution in [2.45, 2.75) is 6.42 Å². The minimum Gasteiger partial charge on any atom is -0.492 e. The molecular formula is C6H9NO. The molecule has 0 aliphatic carbocycles. The third-order valence-corrected chi connectivity index (χ3v) is 1.21. The van der Waals surface area contributed by atoms with Crippen LogP contribution in [-0.4, -0.2) is 19.4 Å². The molecule has 0 amide bonds. The molecule has 0 N–H and O–H groups in total. The van der Waals surface area contributed by atoms with Gasteiger partial charge in [-0.2, -0.15) is 0 Å². The second-order valence-corrected chi connectivity index (χ2v) is 1.69. The van der Waals surface area contributed by atoms with E-state index in [1.165, 1.54) is 0 Å². The molecule has 0 bridgehead atoms. The van der Waals surface area contributed by atoms with Gasteiger partial charge < -0.3 is 4.74 Å². The van der Waals surface area contributed by atoms with Crippen molar-refractivity contribution >= 4 is 5.71 Å². The largest absolute Gasteiger partial charge is 0.492 e. The SMILES string of the molecule is C=C1OCCC1=NC. The zero-order chi connectivity index (χ0) is 5.98. The van der Waals surface area contributed by atoms with E-state index in [0.29, 0.717) is 0 Å². The van der Waals surface area contributed by atoms with Crippen LogP contribution in [0.2, 0.25) is 0 Å². The zero-order valence-corrected chi connectivity index (χ0v) is 4.98. The molecule has 44 valence electrons. The Labute approximate surface area is 48.9 Å². The Bertz CT molecular complexity index is 137. The molecule has 0 aromatic rings. The lowest BCUT2D eigenvalue weighted by molar-refractivity contribution is 0.268. The fourth-order valence-electron chi connectivity index (χ4n) is 0.730. The molecule has 0 aromatic heterocycles. The molecule has 0 atom stereocenters. The summed E-state index contributed by atoms with van der Waals surface area (Å²) in [4.78, 5) is 3.96. The molecule has 1 aliphatic heterocycles. The molecule has 0 saturated carbocycles. The molecular weight excluding hydrogens is 102 g/mol. The van der Waals surface area contributed by atoms with Gasteiger partial charge in [0.25, 0.3) is 0 Å². The fraction of sp³-hybridized carbons (Fsp3) is 0.500. The van der Waals surface area contributed by atoms with Crippen molar-refractivity contribution in [2.75, 3.05) is 13.7 Å². The summed E-state index contributed by atoms with van der Waals surface area (Å²) in [6.07, 6.45) is 0.926. The van der Waals surface area contributed by atoms with Crippen molar-refractivity contribution in [3.05, 3.63) is 12.3 Å². The van der Waals surface area contributed by atoms with Gasteiger partial charge in [0.15, 0.2) is 0 Å². The Morgan fingerprint density at radius 2 is 2.50 bits per heavy atom. The first kappa shape index (κ1) is 5.35. The second kappa shape index (κ2) is 1.99. The Hall–Kier alpha value is -0.790. The highest BCUT2D eigenvalue weighted by Crippen LogP contribution is 2.10. The van der Waals surface area contributed by atoms with Crippen LogP contribution < -0.4 is 0 Å². The molecule has 1 rings (SSSR count). The number of hydrogen-bond donors (Lipinski definition) is 0. The van der Waals surface area contributed by atoms with Crippen LogP contribution in [0.5, 0.6) is 0 Å². The van der Waals surface area contributed by atoms with E-state index in [4.69, 9.17) is 4.74 Å².